The minimum Gasteiger partial charge on any atom is -0.294 e. The number of Topliss-reactive ketones (excluding diaryl/α,β-unsaturated/α-hetero) is 1. The van der Waals surface area contributed by atoms with E-state index >= 15 is 0 Å². The number of pyridine rings is 1. The molecule has 0 bridgehead atoms. The summed E-state index contributed by atoms with van der Waals surface area (Å²) in [4.78, 5) is 15.1. The summed E-state index contributed by atoms with van der Waals surface area (Å²) in [5.74, 6) is 0.0654. The molecule has 0 atom stereocenters. The molecule has 0 aliphatic rings. The van der Waals surface area contributed by atoms with Crippen LogP contribution in [-0.4, -0.2) is 10.8 Å². The lowest BCUT2D eigenvalue weighted by Crippen LogP contribution is -1.91. The molecule has 60 valence electrons. The first-order chi connectivity index (χ1) is 5.77. The standard InChI is InChI=1S/C9H7NOS/c1-6(11)7-2-8-4-12-5-9(8)10-3-7/h2-5H,1H3. The highest BCUT2D eigenvalue weighted by atomic mass is 32.1. The number of thiophene rings is 1. The second-order valence-electron chi connectivity index (χ2n) is 2.63. The molecule has 0 saturated carbocycles. The van der Waals surface area contributed by atoms with Crippen molar-refractivity contribution < 1.29 is 4.79 Å². The van der Waals surface area contributed by atoms with Crippen molar-refractivity contribution in [2.45, 2.75) is 6.92 Å². The Morgan fingerprint density at radius 3 is 3.08 bits per heavy atom. The van der Waals surface area contributed by atoms with E-state index in [1.165, 1.54) is 0 Å². The summed E-state index contributed by atoms with van der Waals surface area (Å²) in [6.45, 7) is 1.55. The summed E-state index contributed by atoms with van der Waals surface area (Å²) in [6, 6.07) is 1.88. The van der Waals surface area contributed by atoms with Crippen molar-refractivity contribution in [3.8, 4) is 0 Å². The van der Waals surface area contributed by atoms with E-state index in [1.54, 1.807) is 24.5 Å². The number of ketones is 1. The Balaban J connectivity index is 2.68. The van der Waals surface area contributed by atoms with E-state index in [1.807, 2.05) is 16.8 Å². The van der Waals surface area contributed by atoms with E-state index in [-0.39, 0.29) is 5.78 Å². The van der Waals surface area contributed by atoms with Crippen LogP contribution in [0, 0.1) is 0 Å². The number of carbonyl (C=O) groups is 1. The van der Waals surface area contributed by atoms with Crippen LogP contribution in [0.4, 0.5) is 0 Å². The van der Waals surface area contributed by atoms with Gasteiger partial charge in [0.25, 0.3) is 0 Å². The molecule has 0 spiro atoms. The van der Waals surface area contributed by atoms with Gasteiger partial charge in [0.05, 0.1) is 5.52 Å². The van der Waals surface area contributed by atoms with Crippen molar-refractivity contribution in [2.24, 2.45) is 0 Å². The maximum absolute atomic E-state index is 11.0. The fraction of sp³-hybridized carbons (Fsp3) is 0.111. The third-order valence-electron chi connectivity index (χ3n) is 1.73. The van der Waals surface area contributed by atoms with E-state index < -0.39 is 0 Å². The molecule has 2 rings (SSSR count). The normalized spacial score (nSPS) is 10.4. The van der Waals surface area contributed by atoms with Gasteiger partial charge in [-0.3, -0.25) is 9.78 Å². The Bertz CT molecular complexity index is 433. The highest BCUT2D eigenvalue weighted by molar-refractivity contribution is 7.09. The Kier molecular flexibility index (Phi) is 1.66. The van der Waals surface area contributed by atoms with Crippen molar-refractivity contribution in [2.75, 3.05) is 0 Å². The van der Waals surface area contributed by atoms with Crippen LogP contribution in [0.2, 0.25) is 0 Å². The molecule has 2 aromatic rings. The second-order valence-corrected chi connectivity index (χ2v) is 3.37. The van der Waals surface area contributed by atoms with E-state index in [0.717, 1.165) is 10.9 Å². The van der Waals surface area contributed by atoms with E-state index in [0.29, 0.717) is 5.56 Å². The lowest BCUT2D eigenvalue weighted by atomic mass is 10.2. The van der Waals surface area contributed by atoms with Crippen LogP contribution >= 0.6 is 11.3 Å². The molecule has 3 heteroatoms. The Morgan fingerprint density at radius 1 is 1.50 bits per heavy atom. The predicted molar refractivity (Wildman–Crippen MR) is 49.6 cm³/mol. The van der Waals surface area contributed by atoms with Gasteiger partial charge >= 0.3 is 0 Å². The number of aromatic nitrogens is 1. The van der Waals surface area contributed by atoms with Gasteiger partial charge in [0, 0.05) is 27.9 Å². The summed E-state index contributed by atoms with van der Waals surface area (Å²) in [7, 11) is 0. The molecular weight excluding hydrogens is 170 g/mol. The minimum atomic E-state index is 0.0654. The average Bonchev–Trinajstić information content (AvgIpc) is 2.49. The Morgan fingerprint density at radius 2 is 2.33 bits per heavy atom. The highest BCUT2D eigenvalue weighted by Gasteiger charge is 2.01. The molecule has 2 heterocycles. The van der Waals surface area contributed by atoms with E-state index in [9.17, 15) is 4.79 Å². The van der Waals surface area contributed by atoms with Gasteiger partial charge in [-0.2, -0.15) is 0 Å². The molecule has 0 saturated heterocycles. The number of fused-ring (bicyclic) bond motifs is 1. The van der Waals surface area contributed by atoms with Gasteiger partial charge in [-0.25, -0.2) is 0 Å². The lowest BCUT2D eigenvalue weighted by Gasteiger charge is -1.93. The summed E-state index contributed by atoms with van der Waals surface area (Å²) in [6.07, 6.45) is 1.62. The molecule has 0 aliphatic heterocycles. The molecule has 0 radical (unpaired) electrons. The molecule has 2 aromatic heterocycles. The van der Waals surface area contributed by atoms with Gasteiger partial charge in [0.15, 0.2) is 5.78 Å². The van der Waals surface area contributed by atoms with E-state index in [4.69, 9.17) is 0 Å². The maximum atomic E-state index is 11.0. The van der Waals surface area contributed by atoms with Gasteiger partial charge in [0.2, 0.25) is 0 Å². The summed E-state index contributed by atoms with van der Waals surface area (Å²) in [5.41, 5.74) is 1.64. The van der Waals surface area contributed by atoms with Crippen LogP contribution < -0.4 is 0 Å². The Hall–Kier alpha value is -1.22. The quantitative estimate of drug-likeness (QED) is 0.626. The van der Waals surface area contributed by atoms with Crippen LogP contribution in [0.1, 0.15) is 17.3 Å². The number of nitrogens with zero attached hydrogens (tertiary/aromatic N) is 1. The molecule has 0 unspecified atom stereocenters. The van der Waals surface area contributed by atoms with Gasteiger partial charge < -0.3 is 0 Å². The van der Waals surface area contributed by atoms with Crippen LogP contribution in [0.15, 0.2) is 23.0 Å². The zero-order valence-corrected chi connectivity index (χ0v) is 7.39. The molecule has 12 heavy (non-hydrogen) atoms. The van der Waals surface area contributed by atoms with Gasteiger partial charge in [-0.15, -0.1) is 11.3 Å². The summed E-state index contributed by atoms with van der Waals surface area (Å²) < 4.78 is 0. The first-order valence-electron chi connectivity index (χ1n) is 3.60. The van der Waals surface area contributed by atoms with Gasteiger partial charge in [-0.1, -0.05) is 0 Å². The van der Waals surface area contributed by atoms with Crippen molar-refractivity contribution in [3.05, 3.63) is 28.6 Å². The average molecular weight is 177 g/mol. The predicted octanol–water partition coefficient (Wildman–Crippen LogP) is 2.50. The topological polar surface area (TPSA) is 30.0 Å². The molecule has 0 aliphatic carbocycles. The molecule has 0 aromatic carbocycles. The molecule has 0 N–H and O–H groups in total. The second kappa shape index (κ2) is 2.68. The minimum absolute atomic E-state index is 0.0654. The van der Waals surface area contributed by atoms with Crippen LogP contribution in [-0.2, 0) is 0 Å². The number of hydrogen-bond acceptors (Lipinski definition) is 3. The fourth-order valence-electron chi connectivity index (χ4n) is 1.05. The zero-order chi connectivity index (χ0) is 8.55. The van der Waals surface area contributed by atoms with Crippen LogP contribution in [0.25, 0.3) is 10.9 Å². The van der Waals surface area contributed by atoms with Crippen molar-refractivity contribution in [1.82, 2.24) is 4.98 Å². The van der Waals surface area contributed by atoms with Crippen LogP contribution in [0.5, 0.6) is 0 Å². The van der Waals surface area contributed by atoms with Gasteiger partial charge in [-0.05, 0) is 13.0 Å². The smallest absolute Gasteiger partial charge is 0.161 e. The highest BCUT2D eigenvalue weighted by Crippen LogP contribution is 2.17. The summed E-state index contributed by atoms with van der Waals surface area (Å²) >= 11 is 1.60. The first kappa shape index (κ1) is 7.43. The fourth-order valence-corrected chi connectivity index (χ4v) is 1.78. The Labute approximate surface area is 73.9 Å². The van der Waals surface area contributed by atoms with E-state index in [2.05, 4.69) is 4.98 Å². The maximum Gasteiger partial charge on any atom is 0.161 e. The molecular formula is C9H7NOS. The molecule has 0 fully saturated rings. The van der Waals surface area contributed by atoms with Crippen molar-refractivity contribution >= 4 is 28.0 Å². The largest absolute Gasteiger partial charge is 0.294 e. The van der Waals surface area contributed by atoms with Crippen molar-refractivity contribution in [3.63, 3.8) is 0 Å². The summed E-state index contributed by atoms with van der Waals surface area (Å²) in [5, 5.41) is 5.02. The molecule has 0 amide bonds. The van der Waals surface area contributed by atoms with Crippen molar-refractivity contribution in [1.29, 1.82) is 0 Å². The molecule has 2 nitrogen and oxygen atoms in total. The van der Waals surface area contributed by atoms with Gasteiger partial charge in [0.1, 0.15) is 0 Å². The first-order valence-corrected chi connectivity index (χ1v) is 4.54. The van der Waals surface area contributed by atoms with Crippen LogP contribution in [0.3, 0.4) is 0 Å². The SMILES string of the molecule is CC(=O)c1cnc2cscc2c1. The number of carbonyl (C=O) groups excluding carboxylic acids is 1. The third-order valence-corrected chi connectivity index (χ3v) is 2.48. The number of rotatable bonds is 1. The lowest BCUT2D eigenvalue weighted by molar-refractivity contribution is 0.101. The number of hydrogen-bond donors (Lipinski definition) is 0. The zero-order valence-electron chi connectivity index (χ0n) is 6.57. The third kappa shape index (κ3) is 1.12. The monoisotopic (exact) mass is 177 g/mol.